The van der Waals surface area contributed by atoms with Crippen molar-refractivity contribution in [2.75, 3.05) is 0 Å². The van der Waals surface area contributed by atoms with Crippen molar-refractivity contribution in [1.82, 2.24) is 0 Å². The molecule has 1 nitrogen and oxygen atoms in total. The smallest absolute Gasteiger partial charge is 0.208 e. The molecular formula is CHFOS. The van der Waals surface area contributed by atoms with Crippen LogP contribution in [-0.4, -0.2) is 5.62 Å². The monoisotopic (exact) mass is 80.0 g/mol. The number of rotatable bonds is 1. The maximum atomic E-state index is 10.3. The first-order chi connectivity index (χ1) is 1.91. The molecule has 3 heteroatoms. The van der Waals surface area contributed by atoms with Crippen molar-refractivity contribution in [1.29, 1.82) is 0 Å². The van der Waals surface area contributed by atoms with E-state index in [0.717, 1.165) is 0 Å². The number of hydrogen-bond donors (Lipinski definition) is 0. The highest BCUT2D eigenvalue weighted by Gasteiger charge is 1.59. The summed E-state index contributed by atoms with van der Waals surface area (Å²) in [6.45, 7) is 0. The van der Waals surface area contributed by atoms with Gasteiger partial charge in [-0.3, -0.25) is 4.79 Å². The molecule has 0 aliphatic heterocycles. The van der Waals surface area contributed by atoms with E-state index in [0.29, 0.717) is 0 Å². The molecule has 0 aromatic rings. The van der Waals surface area contributed by atoms with Gasteiger partial charge in [-0.15, -0.1) is 0 Å². The lowest BCUT2D eigenvalue weighted by molar-refractivity contribution is 0.569. The maximum Gasteiger partial charge on any atom is 0.208 e. The molecule has 24 valence electrons. The minimum Gasteiger partial charge on any atom is -0.288 e. The normalized spacial score (nSPS) is 6.25. The van der Waals surface area contributed by atoms with E-state index < -0.39 is 0 Å². The quantitative estimate of drug-likeness (QED) is 0.433. The second-order valence-electron chi connectivity index (χ2n) is 0.185. The van der Waals surface area contributed by atoms with Crippen LogP contribution in [0.4, 0.5) is 3.89 Å². The molecule has 0 spiro atoms. The largest absolute Gasteiger partial charge is 0.288 e. The predicted octanol–water partition coefficient (Wildman–Crippen LogP) is 0.794. The second kappa shape index (κ2) is 2.95. The number of carbonyl (C=O) groups is 1. The number of hydrogen-bond acceptors (Lipinski definition) is 2. The first kappa shape index (κ1) is 3.95. The van der Waals surface area contributed by atoms with Gasteiger partial charge in [-0.25, -0.2) is 0 Å². The summed E-state index contributed by atoms with van der Waals surface area (Å²) in [5.74, 6) is 0. The summed E-state index contributed by atoms with van der Waals surface area (Å²) in [7, 11) is 0. The van der Waals surface area contributed by atoms with E-state index in [2.05, 4.69) is 0 Å². The summed E-state index contributed by atoms with van der Waals surface area (Å²) >= 11 is -0.324. The molecule has 0 aliphatic carbocycles. The molecule has 0 bridgehead atoms. The van der Waals surface area contributed by atoms with E-state index in [1.54, 1.807) is 0 Å². The van der Waals surface area contributed by atoms with Crippen LogP contribution >= 0.6 is 12.1 Å². The molecular weight excluding hydrogens is 79.1 g/mol. The SMILES string of the molecule is O=CSF. The lowest BCUT2D eigenvalue weighted by atomic mass is 11.8. The van der Waals surface area contributed by atoms with Gasteiger partial charge in [0.15, 0.2) is 0 Å². The van der Waals surface area contributed by atoms with Gasteiger partial charge >= 0.3 is 0 Å². The minimum atomic E-state index is -0.324. The van der Waals surface area contributed by atoms with Crippen LogP contribution in [0, 0.1) is 0 Å². The van der Waals surface area contributed by atoms with Crippen LogP contribution in [-0.2, 0) is 4.79 Å². The Labute approximate surface area is 27.5 Å². The highest BCUT2D eigenvalue weighted by atomic mass is 32.2. The zero-order valence-corrected chi connectivity index (χ0v) is 2.59. The van der Waals surface area contributed by atoms with Gasteiger partial charge in [0, 0.05) is 0 Å². The Kier molecular flexibility index (Phi) is 2.91. The molecule has 0 fully saturated rings. The third-order valence-corrected chi connectivity index (χ3v) is 0.109. The molecule has 0 amide bonds. The van der Waals surface area contributed by atoms with E-state index in [4.69, 9.17) is 4.79 Å². The molecule has 0 heterocycles. The highest BCUT2D eigenvalue weighted by molar-refractivity contribution is 8.07. The zero-order chi connectivity index (χ0) is 3.41. The molecule has 0 atom stereocenters. The van der Waals surface area contributed by atoms with Crippen molar-refractivity contribution in [3.05, 3.63) is 0 Å². The lowest BCUT2D eigenvalue weighted by Gasteiger charge is -1.46. The van der Waals surface area contributed by atoms with Crippen molar-refractivity contribution in [3.63, 3.8) is 0 Å². The molecule has 4 heavy (non-hydrogen) atoms. The van der Waals surface area contributed by atoms with Crippen molar-refractivity contribution in [2.24, 2.45) is 0 Å². The first-order valence-corrected chi connectivity index (χ1v) is 1.41. The van der Waals surface area contributed by atoms with Gasteiger partial charge in [0.25, 0.3) is 0 Å². The topological polar surface area (TPSA) is 17.1 Å². The number of carbonyl (C=O) groups excluding carboxylic acids is 1. The molecule has 0 rings (SSSR count). The molecule has 0 saturated carbocycles. The van der Waals surface area contributed by atoms with Gasteiger partial charge in [-0.05, 0) is 0 Å². The van der Waals surface area contributed by atoms with Crippen LogP contribution in [0.2, 0.25) is 0 Å². The van der Waals surface area contributed by atoms with Crippen LogP contribution < -0.4 is 0 Å². The molecule has 0 aromatic carbocycles. The first-order valence-electron chi connectivity index (χ1n) is 0.626. The Morgan fingerprint density at radius 2 is 2.25 bits per heavy atom. The zero-order valence-electron chi connectivity index (χ0n) is 1.77. The van der Waals surface area contributed by atoms with Gasteiger partial charge < -0.3 is 0 Å². The van der Waals surface area contributed by atoms with Crippen LogP contribution in [0.3, 0.4) is 0 Å². The van der Waals surface area contributed by atoms with Crippen LogP contribution in [0.5, 0.6) is 0 Å². The van der Waals surface area contributed by atoms with Crippen molar-refractivity contribution >= 4 is 17.8 Å². The number of halogens is 1. The van der Waals surface area contributed by atoms with Gasteiger partial charge in [0.2, 0.25) is 5.62 Å². The third-order valence-electron chi connectivity index (χ3n) is 0.0364. The lowest BCUT2D eigenvalue weighted by Crippen LogP contribution is -1.37. The van der Waals surface area contributed by atoms with E-state index in [-0.39, 0.29) is 17.8 Å². The fourth-order valence-corrected chi connectivity index (χ4v) is 0. The van der Waals surface area contributed by atoms with E-state index in [9.17, 15) is 3.89 Å². The molecule has 0 aromatic heterocycles. The average Bonchev–Trinajstić information content (AvgIpc) is 1.37. The van der Waals surface area contributed by atoms with Crippen molar-refractivity contribution < 1.29 is 8.68 Å². The molecule has 0 aliphatic rings. The fourth-order valence-electron chi connectivity index (χ4n) is 0. The Bertz CT molecular complexity index is 22.0. The van der Waals surface area contributed by atoms with Gasteiger partial charge in [-0.1, -0.05) is 0 Å². The van der Waals surface area contributed by atoms with Crippen LogP contribution in [0.1, 0.15) is 0 Å². The van der Waals surface area contributed by atoms with Gasteiger partial charge in [0.1, 0.15) is 12.1 Å². The average molecular weight is 80.1 g/mol. The molecule has 0 radical (unpaired) electrons. The Balaban J connectivity index is 2.30. The molecule has 0 N–H and O–H groups in total. The third kappa shape index (κ3) is 1.95. The summed E-state index contributed by atoms with van der Waals surface area (Å²) in [5, 5.41) is 0. The summed E-state index contributed by atoms with van der Waals surface area (Å²) in [6.07, 6.45) is 0. The Morgan fingerprint density at radius 1 is 2.00 bits per heavy atom. The van der Waals surface area contributed by atoms with Crippen LogP contribution in [0.25, 0.3) is 0 Å². The van der Waals surface area contributed by atoms with Gasteiger partial charge in [-0.2, -0.15) is 3.89 Å². The Morgan fingerprint density at radius 3 is 2.25 bits per heavy atom. The van der Waals surface area contributed by atoms with E-state index in [1.807, 2.05) is 0 Å². The standard InChI is InChI=1S/CHFOS/c2-4-1-3/h1H. The molecule has 0 saturated heterocycles. The summed E-state index contributed by atoms with van der Waals surface area (Å²) in [6, 6.07) is 0. The maximum absolute atomic E-state index is 10.3. The molecule has 0 unspecified atom stereocenters. The highest BCUT2D eigenvalue weighted by Crippen LogP contribution is 1.87. The Hall–Kier alpha value is -0.0500. The van der Waals surface area contributed by atoms with E-state index in [1.165, 1.54) is 0 Å². The second-order valence-corrected chi connectivity index (χ2v) is 0.556. The van der Waals surface area contributed by atoms with Gasteiger partial charge in [0.05, 0.1) is 0 Å². The summed E-state index contributed by atoms with van der Waals surface area (Å²) < 4.78 is 10.3. The fraction of sp³-hybridized carbons (Fsp3) is 0. The van der Waals surface area contributed by atoms with Crippen molar-refractivity contribution in [3.8, 4) is 0 Å². The summed E-state index contributed by atoms with van der Waals surface area (Å²) in [5.41, 5.74) is 0.125. The predicted molar refractivity (Wildman–Crippen MR) is 15.4 cm³/mol. The minimum absolute atomic E-state index is 0.125. The summed E-state index contributed by atoms with van der Waals surface area (Å²) in [4.78, 5) is 8.76. The van der Waals surface area contributed by atoms with Crippen LogP contribution in [0.15, 0.2) is 0 Å². The van der Waals surface area contributed by atoms with Crippen molar-refractivity contribution in [2.45, 2.75) is 0 Å². The van der Waals surface area contributed by atoms with E-state index >= 15 is 0 Å².